The van der Waals surface area contributed by atoms with Crippen LogP contribution in [0.25, 0.3) is 10.2 Å². The first-order chi connectivity index (χ1) is 7.84. The maximum atomic E-state index is 6.32. The normalized spacial score (nSPS) is 19.3. The number of hydrogen-bond acceptors (Lipinski definition) is 3. The second-order valence-electron chi connectivity index (χ2n) is 4.64. The molecule has 0 saturated heterocycles. The van der Waals surface area contributed by atoms with E-state index in [2.05, 4.69) is 22.5 Å². The Bertz CT molecular complexity index is 485. The lowest BCUT2D eigenvalue weighted by Gasteiger charge is -2.18. The minimum atomic E-state index is 0.182. The van der Waals surface area contributed by atoms with Gasteiger partial charge >= 0.3 is 0 Å². The molecule has 3 rings (SSSR count). The molecule has 2 aromatic heterocycles. The Labute approximate surface area is 99.5 Å². The fraction of sp³-hybridized carbons (Fsp3) is 0.462. The van der Waals surface area contributed by atoms with Crippen LogP contribution in [0.1, 0.15) is 37.3 Å². The van der Waals surface area contributed by atoms with E-state index in [4.69, 9.17) is 5.73 Å². The van der Waals surface area contributed by atoms with Crippen molar-refractivity contribution in [1.82, 2.24) is 4.98 Å². The fourth-order valence-corrected chi connectivity index (χ4v) is 3.42. The lowest BCUT2D eigenvalue weighted by atomic mass is 9.93. The molecule has 2 nitrogen and oxygen atoms in total. The third-order valence-corrected chi connectivity index (χ3v) is 4.47. The van der Waals surface area contributed by atoms with Gasteiger partial charge in [-0.2, -0.15) is 0 Å². The van der Waals surface area contributed by atoms with Crippen molar-refractivity contribution < 1.29 is 0 Å². The number of pyridine rings is 1. The summed E-state index contributed by atoms with van der Waals surface area (Å²) >= 11 is 1.74. The molecule has 0 radical (unpaired) electrons. The molecule has 2 aromatic rings. The highest BCUT2D eigenvalue weighted by molar-refractivity contribution is 7.17. The zero-order valence-corrected chi connectivity index (χ0v) is 10.0. The summed E-state index contributed by atoms with van der Waals surface area (Å²) in [6.07, 6.45) is 7.20. The number of hydrogen-bond donors (Lipinski definition) is 1. The van der Waals surface area contributed by atoms with Gasteiger partial charge in [0.2, 0.25) is 0 Å². The molecule has 1 saturated carbocycles. The number of nitrogens with zero attached hydrogens (tertiary/aromatic N) is 1. The standard InChI is InChI=1S/C13H16N2S/c14-13(9-3-1-2-4-9)10-7-12-11(15-8-10)5-6-16-12/h5-9,13H,1-4,14H2. The third-order valence-electron chi connectivity index (χ3n) is 3.62. The molecule has 16 heavy (non-hydrogen) atoms. The quantitative estimate of drug-likeness (QED) is 0.861. The summed E-state index contributed by atoms with van der Waals surface area (Å²) in [5, 5.41) is 2.09. The molecule has 84 valence electrons. The SMILES string of the molecule is NC(c1cnc2ccsc2c1)C1CCCC1. The van der Waals surface area contributed by atoms with Gasteiger partial charge in [0.25, 0.3) is 0 Å². The molecular weight excluding hydrogens is 216 g/mol. The van der Waals surface area contributed by atoms with E-state index < -0.39 is 0 Å². The maximum absolute atomic E-state index is 6.32. The van der Waals surface area contributed by atoms with E-state index in [0.717, 1.165) is 5.52 Å². The fourth-order valence-electron chi connectivity index (χ4n) is 2.63. The molecule has 2 N–H and O–H groups in total. The molecule has 1 unspecified atom stereocenters. The average molecular weight is 232 g/mol. The van der Waals surface area contributed by atoms with Crippen LogP contribution in [0.4, 0.5) is 0 Å². The molecule has 0 amide bonds. The van der Waals surface area contributed by atoms with Crippen LogP contribution in [0.5, 0.6) is 0 Å². The lowest BCUT2D eigenvalue weighted by molar-refractivity contribution is 0.444. The highest BCUT2D eigenvalue weighted by atomic mass is 32.1. The van der Waals surface area contributed by atoms with Crippen LogP contribution in [0.15, 0.2) is 23.7 Å². The van der Waals surface area contributed by atoms with Crippen molar-refractivity contribution in [3.05, 3.63) is 29.3 Å². The summed E-state index contributed by atoms with van der Waals surface area (Å²) in [7, 11) is 0. The van der Waals surface area contributed by atoms with Crippen molar-refractivity contribution in [1.29, 1.82) is 0 Å². The van der Waals surface area contributed by atoms with E-state index in [1.165, 1.54) is 35.9 Å². The molecule has 0 bridgehead atoms. The molecule has 1 atom stereocenters. The molecule has 3 heteroatoms. The van der Waals surface area contributed by atoms with E-state index >= 15 is 0 Å². The summed E-state index contributed by atoms with van der Waals surface area (Å²) in [5.41, 5.74) is 8.62. The van der Waals surface area contributed by atoms with Gasteiger partial charge < -0.3 is 5.73 Å². The van der Waals surface area contributed by atoms with Gasteiger partial charge in [-0.05, 0) is 41.8 Å². The van der Waals surface area contributed by atoms with Crippen molar-refractivity contribution in [2.24, 2.45) is 11.7 Å². The van der Waals surface area contributed by atoms with Crippen molar-refractivity contribution in [3.8, 4) is 0 Å². The first-order valence-corrected chi connectivity index (χ1v) is 6.81. The summed E-state index contributed by atoms with van der Waals surface area (Å²) < 4.78 is 1.26. The number of rotatable bonds is 2. The predicted octanol–water partition coefficient (Wildman–Crippen LogP) is 3.49. The molecule has 0 aliphatic heterocycles. The lowest BCUT2D eigenvalue weighted by Crippen LogP contribution is -2.19. The predicted molar refractivity (Wildman–Crippen MR) is 68.5 cm³/mol. The van der Waals surface area contributed by atoms with Gasteiger partial charge in [0, 0.05) is 12.2 Å². The Hall–Kier alpha value is -0.930. The minimum absolute atomic E-state index is 0.182. The first kappa shape index (κ1) is 10.2. The van der Waals surface area contributed by atoms with Crippen LogP contribution in [0, 0.1) is 5.92 Å². The summed E-state index contributed by atoms with van der Waals surface area (Å²) in [6, 6.07) is 4.46. The van der Waals surface area contributed by atoms with Crippen molar-refractivity contribution in [2.75, 3.05) is 0 Å². The Morgan fingerprint density at radius 2 is 2.19 bits per heavy atom. The van der Waals surface area contributed by atoms with E-state index in [1.807, 2.05) is 6.20 Å². The molecule has 0 spiro atoms. The molecule has 1 fully saturated rings. The van der Waals surface area contributed by atoms with Gasteiger partial charge in [0.15, 0.2) is 0 Å². The van der Waals surface area contributed by atoms with Gasteiger partial charge in [0.05, 0.1) is 10.2 Å². The number of fused-ring (bicyclic) bond motifs is 1. The second kappa shape index (κ2) is 4.15. The van der Waals surface area contributed by atoms with Crippen LogP contribution in [0.2, 0.25) is 0 Å². The van der Waals surface area contributed by atoms with Gasteiger partial charge in [-0.3, -0.25) is 4.98 Å². The highest BCUT2D eigenvalue weighted by Gasteiger charge is 2.23. The summed E-state index contributed by atoms with van der Waals surface area (Å²) in [4.78, 5) is 4.46. The second-order valence-corrected chi connectivity index (χ2v) is 5.59. The molecule has 2 heterocycles. The third kappa shape index (κ3) is 1.74. The van der Waals surface area contributed by atoms with Gasteiger partial charge in [-0.15, -0.1) is 11.3 Å². The van der Waals surface area contributed by atoms with E-state index in [9.17, 15) is 0 Å². The molecule has 0 aromatic carbocycles. The smallest absolute Gasteiger partial charge is 0.0809 e. The van der Waals surface area contributed by atoms with Gasteiger partial charge in [0.1, 0.15) is 0 Å². The zero-order chi connectivity index (χ0) is 11.0. The minimum Gasteiger partial charge on any atom is -0.324 e. The first-order valence-electron chi connectivity index (χ1n) is 5.93. The van der Waals surface area contributed by atoms with Crippen molar-refractivity contribution in [2.45, 2.75) is 31.7 Å². The maximum Gasteiger partial charge on any atom is 0.0809 e. The molecule has 1 aliphatic rings. The number of aromatic nitrogens is 1. The summed E-state index contributed by atoms with van der Waals surface area (Å²) in [6.45, 7) is 0. The largest absolute Gasteiger partial charge is 0.324 e. The van der Waals surface area contributed by atoms with Gasteiger partial charge in [-0.1, -0.05) is 12.8 Å². The molecular formula is C13H16N2S. The van der Waals surface area contributed by atoms with Crippen LogP contribution in [-0.4, -0.2) is 4.98 Å². The Morgan fingerprint density at radius 3 is 3.00 bits per heavy atom. The van der Waals surface area contributed by atoms with Crippen LogP contribution in [0.3, 0.4) is 0 Å². The van der Waals surface area contributed by atoms with Crippen LogP contribution in [-0.2, 0) is 0 Å². The van der Waals surface area contributed by atoms with Crippen LogP contribution >= 0.6 is 11.3 Å². The Balaban J connectivity index is 1.91. The zero-order valence-electron chi connectivity index (χ0n) is 9.23. The van der Waals surface area contributed by atoms with Crippen molar-refractivity contribution in [3.63, 3.8) is 0 Å². The summed E-state index contributed by atoms with van der Waals surface area (Å²) in [5.74, 6) is 0.666. The van der Waals surface area contributed by atoms with E-state index in [0.29, 0.717) is 5.92 Å². The highest BCUT2D eigenvalue weighted by Crippen LogP contribution is 2.35. The Morgan fingerprint density at radius 1 is 1.38 bits per heavy atom. The molecule has 1 aliphatic carbocycles. The van der Waals surface area contributed by atoms with Crippen LogP contribution < -0.4 is 5.73 Å². The van der Waals surface area contributed by atoms with E-state index in [-0.39, 0.29) is 6.04 Å². The van der Waals surface area contributed by atoms with E-state index in [1.54, 1.807) is 11.3 Å². The topological polar surface area (TPSA) is 38.9 Å². The number of nitrogens with two attached hydrogens (primary N) is 1. The average Bonchev–Trinajstić information content (AvgIpc) is 2.98. The Kier molecular flexibility index (Phi) is 2.65. The van der Waals surface area contributed by atoms with Crippen molar-refractivity contribution >= 4 is 21.6 Å². The van der Waals surface area contributed by atoms with Gasteiger partial charge in [-0.25, -0.2) is 0 Å². The monoisotopic (exact) mass is 232 g/mol. The number of thiophene rings is 1.